The Morgan fingerprint density at radius 2 is 1.70 bits per heavy atom. The molecule has 160 valence electrons. The van der Waals surface area contributed by atoms with E-state index in [1.807, 2.05) is 62.4 Å². The monoisotopic (exact) mass is 428 g/mol. The van der Waals surface area contributed by atoms with Crippen LogP contribution in [0.25, 0.3) is 0 Å². The number of rotatable bonds is 6. The van der Waals surface area contributed by atoms with E-state index in [0.717, 1.165) is 48.1 Å². The summed E-state index contributed by atoms with van der Waals surface area (Å²) in [5.41, 5.74) is 2.89. The molecule has 0 bridgehead atoms. The third kappa shape index (κ3) is 5.52. The summed E-state index contributed by atoms with van der Waals surface area (Å²) in [6.07, 6.45) is 0. The van der Waals surface area contributed by atoms with Crippen molar-refractivity contribution in [2.24, 2.45) is 0 Å². The molecule has 1 fully saturated rings. The van der Waals surface area contributed by atoms with Crippen LogP contribution in [0.1, 0.15) is 12.5 Å². The lowest BCUT2D eigenvalue weighted by Crippen LogP contribution is -2.54. The van der Waals surface area contributed by atoms with Gasteiger partial charge in [0.2, 0.25) is 11.8 Å². The van der Waals surface area contributed by atoms with Crippen molar-refractivity contribution in [3.63, 3.8) is 0 Å². The highest BCUT2D eigenvalue weighted by molar-refractivity contribution is 6.33. The van der Waals surface area contributed by atoms with Crippen LogP contribution >= 0.6 is 11.6 Å². The number of amides is 2. The molecule has 3 rings (SSSR count). The zero-order chi connectivity index (χ0) is 21.7. The maximum absolute atomic E-state index is 12.9. The average Bonchev–Trinajstić information content (AvgIpc) is 2.74. The van der Waals surface area contributed by atoms with Crippen LogP contribution in [0.4, 0.5) is 11.4 Å². The number of anilines is 2. The molecule has 1 atom stereocenters. The molecule has 2 aromatic rings. The average molecular weight is 429 g/mol. The number of benzene rings is 2. The van der Waals surface area contributed by atoms with Gasteiger partial charge >= 0.3 is 0 Å². The third-order valence-electron chi connectivity index (χ3n) is 5.50. The molecular weight excluding hydrogens is 400 g/mol. The van der Waals surface area contributed by atoms with Gasteiger partial charge in [0.15, 0.2) is 0 Å². The summed E-state index contributed by atoms with van der Waals surface area (Å²) >= 11 is 6.31. The Kier molecular flexibility index (Phi) is 7.34. The number of para-hydroxylation sites is 1. The smallest absolute Gasteiger partial charge is 0.243 e. The first-order valence-corrected chi connectivity index (χ1v) is 10.6. The van der Waals surface area contributed by atoms with Crippen molar-refractivity contribution >= 4 is 34.8 Å². The van der Waals surface area contributed by atoms with Gasteiger partial charge in [0.1, 0.15) is 0 Å². The molecule has 1 aliphatic rings. The van der Waals surface area contributed by atoms with Crippen LogP contribution < -0.4 is 10.2 Å². The number of piperazine rings is 1. The van der Waals surface area contributed by atoms with Crippen molar-refractivity contribution in [2.45, 2.75) is 19.9 Å². The molecule has 0 spiro atoms. The Morgan fingerprint density at radius 1 is 1.07 bits per heavy atom. The highest BCUT2D eigenvalue weighted by atomic mass is 35.5. The molecule has 2 aromatic carbocycles. The van der Waals surface area contributed by atoms with E-state index in [2.05, 4.69) is 15.1 Å². The van der Waals surface area contributed by atoms with Crippen LogP contribution in [-0.2, 0) is 9.59 Å². The molecule has 6 nitrogen and oxygen atoms in total. The van der Waals surface area contributed by atoms with Crippen molar-refractivity contribution in [1.82, 2.24) is 9.80 Å². The standard InChI is InChI=1S/C23H29ClN4O2/c1-17-8-10-19(11-9-17)25-22(29)16-26(3)23(30)18(2)27-12-14-28(15-13-27)21-7-5-4-6-20(21)24/h4-11,18H,12-16H2,1-3H3,(H,25,29)/t18-/m1/s1. The van der Waals surface area contributed by atoms with E-state index in [0.29, 0.717) is 0 Å². The second kappa shape index (κ2) is 9.96. The first-order valence-electron chi connectivity index (χ1n) is 10.2. The molecule has 0 saturated carbocycles. The van der Waals surface area contributed by atoms with Gasteiger partial charge in [0.05, 0.1) is 23.3 Å². The molecule has 1 aliphatic heterocycles. The number of carbonyl (C=O) groups excluding carboxylic acids is 2. The van der Waals surface area contributed by atoms with Crippen LogP contribution in [0, 0.1) is 6.92 Å². The van der Waals surface area contributed by atoms with Crippen molar-refractivity contribution in [2.75, 3.05) is 50.0 Å². The van der Waals surface area contributed by atoms with Crippen LogP contribution in [0.2, 0.25) is 5.02 Å². The van der Waals surface area contributed by atoms with E-state index < -0.39 is 0 Å². The van der Waals surface area contributed by atoms with Gasteiger partial charge in [-0.05, 0) is 38.1 Å². The summed E-state index contributed by atoms with van der Waals surface area (Å²) in [6, 6.07) is 15.1. The van der Waals surface area contributed by atoms with Gasteiger partial charge in [-0.1, -0.05) is 41.4 Å². The summed E-state index contributed by atoms with van der Waals surface area (Å²) in [5.74, 6) is -0.259. The van der Waals surface area contributed by atoms with E-state index >= 15 is 0 Å². The summed E-state index contributed by atoms with van der Waals surface area (Å²) in [7, 11) is 1.67. The minimum atomic E-state index is -0.282. The number of halogens is 1. The molecule has 0 unspecified atom stereocenters. The van der Waals surface area contributed by atoms with E-state index in [9.17, 15) is 9.59 Å². The van der Waals surface area contributed by atoms with E-state index in [-0.39, 0.29) is 24.4 Å². The molecule has 1 N–H and O–H groups in total. The summed E-state index contributed by atoms with van der Waals surface area (Å²) < 4.78 is 0. The maximum Gasteiger partial charge on any atom is 0.243 e. The fraction of sp³-hybridized carbons (Fsp3) is 0.391. The lowest BCUT2D eigenvalue weighted by Gasteiger charge is -2.39. The van der Waals surface area contributed by atoms with E-state index in [4.69, 9.17) is 11.6 Å². The fourth-order valence-electron chi connectivity index (χ4n) is 3.66. The quantitative estimate of drug-likeness (QED) is 0.767. The van der Waals surface area contributed by atoms with Crippen molar-refractivity contribution in [1.29, 1.82) is 0 Å². The fourth-order valence-corrected chi connectivity index (χ4v) is 3.92. The lowest BCUT2D eigenvalue weighted by atomic mass is 10.2. The normalized spacial score (nSPS) is 15.5. The van der Waals surface area contributed by atoms with Gasteiger partial charge in [0, 0.05) is 38.9 Å². The number of hydrogen-bond donors (Lipinski definition) is 1. The lowest BCUT2D eigenvalue weighted by molar-refractivity contribution is -0.137. The van der Waals surface area contributed by atoms with Gasteiger partial charge in [-0.3, -0.25) is 14.5 Å². The van der Waals surface area contributed by atoms with Crippen molar-refractivity contribution < 1.29 is 9.59 Å². The Bertz CT molecular complexity index is 879. The predicted molar refractivity (Wildman–Crippen MR) is 122 cm³/mol. The molecule has 2 amide bonds. The van der Waals surface area contributed by atoms with Gasteiger partial charge in [0.25, 0.3) is 0 Å². The number of nitrogens with zero attached hydrogens (tertiary/aromatic N) is 3. The zero-order valence-electron chi connectivity index (χ0n) is 17.8. The minimum Gasteiger partial charge on any atom is -0.368 e. The second-order valence-electron chi connectivity index (χ2n) is 7.76. The van der Waals surface area contributed by atoms with Crippen molar-refractivity contribution in [3.05, 3.63) is 59.1 Å². The molecular formula is C23H29ClN4O2. The topological polar surface area (TPSA) is 55.9 Å². The number of nitrogens with one attached hydrogen (secondary N) is 1. The van der Waals surface area contributed by atoms with Crippen LogP contribution in [0.15, 0.2) is 48.5 Å². The molecule has 0 radical (unpaired) electrons. The zero-order valence-corrected chi connectivity index (χ0v) is 18.5. The highest BCUT2D eigenvalue weighted by Gasteiger charge is 2.28. The van der Waals surface area contributed by atoms with Crippen LogP contribution in [0.3, 0.4) is 0 Å². The Morgan fingerprint density at radius 3 is 2.33 bits per heavy atom. The Balaban J connectivity index is 1.49. The first kappa shape index (κ1) is 22.1. The van der Waals surface area contributed by atoms with Crippen molar-refractivity contribution in [3.8, 4) is 0 Å². The maximum atomic E-state index is 12.9. The summed E-state index contributed by atoms with van der Waals surface area (Å²) in [6.45, 7) is 7.06. The van der Waals surface area contributed by atoms with Gasteiger partial charge in [-0.25, -0.2) is 0 Å². The van der Waals surface area contributed by atoms with Gasteiger partial charge in [-0.15, -0.1) is 0 Å². The Labute approximate surface area is 183 Å². The number of hydrogen-bond acceptors (Lipinski definition) is 4. The highest BCUT2D eigenvalue weighted by Crippen LogP contribution is 2.26. The van der Waals surface area contributed by atoms with Crippen LogP contribution in [0.5, 0.6) is 0 Å². The SMILES string of the molecule is Cc1ccc(NC(=O)CN(C)C(=O)[C@@H](C)N2CCN(c3ccccc3Cl)CC2)cc1. The summed E-state index contributed by atoms with van der Waals surface area (Å²) in [5, 5.41) is 3.58. The van der Waals surface area contributed by atoms with Gasteiger partial charge < -0.3 is 15.1 Å². The molecule has 0 aromatic heterocycles. The molecule has 7 heteroatoms. The summed E-state index contributed by atoms with van der Waals surface area (Å²) in [4.78, 5) is 31.1. The molecule has 1 saturated heterocycles. The Hall–Kier alpha value is -2.57. The number of carbonyl (C=O) groups is 2. The largest absolute Gasteiger partial charge is 0.368 e. The number of likely N-dealkylation sites (N-methyl/N-ethyl adjacent to an activating group) is 1. The predicted octanol–water partition coefficient (Wildman–Crippen LogP) is 3.26. The first-order chi connectivity index (χ1) is 14.3. The minimum absolute atomic E-state index is 0.0244. The molecule has 0 aliphatic carbocycles. The van der Waals surface area contributed by atoms with Crippen LogP contribution in [-0.4, -0.2) is 67.4 Å². The molecule has 30 heavy (non-hydrogen) atoms. The van der Waals surface area contributed by atoms with Gasteiger partial charge in [-0.2, -0.15) is 0 Å². The third-order valence-corrected chi connectivity index (χ3v) is 5.82. The van der Waals surface area contributed by atoms with E-state index in [1.165, 1.54) is 4.90 Å². The number of aryl methyl sites for hydroxylation is 1. The molecule has 1 heterocycles. The van der Waals surface area contributed by atoms with E-state index in [1.54, 1.807) is 7.05 Å². The second-order valence-corrected chi connectivity index (χ2v) is 8.17.